The Balaban J connectivity index is 1.23. The molecule has 0 aromatic heterocycles. The minimum Gasteiger partial charge on any atom is -0.482 e. The molecule has 3 amide bonds. The minimum atomic E-state index is -0.119. The molecule has 11 heteroatoms. The van der Waals surface area contributed by atoms with Gasteiger partial charge in [-0.3, -0.25) is 14.4 Å². The van der Waals surface area contributed by atoms with E-state index in [2.05, 4.69) is 24.5 Å². The van der Waals surface area contributed by atoms with E-state index in [4.69, 9.17) is 32.7 Å². The van der Waals surface area contributed by atoms with Gasteiger partial charge in [0.25, 0.3) is 11.8 Å². The summed E-state index contributed by atoms with van der Waals surface area (Å²) in [4.78, 5) is 40.3. The van der Waals surface area contributed by atoms with E-state index in [0.29, 0.717) is 65.9 Å². The van der Waals surface area contributed by atoms with Crippen LogP contribution in [0.15, 0.2) is 72.8 Å². The van der Waals surface area contributed by atoms with Gasteiger partial charge in [0.15, 0.2) is 13.2 Å². The lowest BCUT2D eigenvalue weighted by molar-refractivity contribution is -0.122. The number of amides is 3. The highest BCUT2D eigenvalue weighted by atomic mass is 35.5. The van der Waals surface area contributed by atoms with E-state index in [0.717, 1.165) is 58.3 Å². The Kier molecular flexibility index (Phi) is 12.0. The normalized spacial score (nSPS) is 14.3. The number of ether oxygens (including phenoxy) is 2. The molecule has 6 rings (SSSR count). The number of hydrogen-bond donors (Lipinski definition) is 2. The first-order chi connectivity index (χ1) is 25.2. The Bertz CT molecular complexity index is 1970. The maximum absolute atomic E-state index is 12.9. The highest BCUT2D eigenvalue weighted by molar-refractivity contribution is 6.39. The van der Waals surface area contributed by atoms with E-state index >= 15 is 0 Å². The highest BCUT2D eigenvalue weighted by Crippen LogP contribution is 2.45. The second-order valence-corrected chi connectivity index (χ2v) is 14.1. The van der Waals surface area contributed by atoms with E-state index in [1.54, 1.807) is 4.90 Å². The van der Waals surface area contributed by atoms with Crippen molar-refractivity contribution in [1.29, 1.82) is 0 Å². The number of halogens is 2. The average Bonchev–Trinajstić information content (AvgIpc) is 3.14. The number of unbranched alkanes of at least 4 members (excludes halogenated alkanes) is 1. The van der Waals surface area contributed by atoms with Crippen LogP contribution in [0, 0.1) is 5.92 Å². The van der Waals surface area contributed by atoms with E-state index in [1.165, 1.54) is 6.92 Å². The second-order valence-electron chi connectivity index (χ2n) is 13.3. The second kappa shape index (κ2) is 16.8. The summed E-state index contributed by atoms with van der Waals surface area (Å²) in [5, 5.41) is 7.09. The monoisotopic (exact) mass is 742 g/mol. The number of benzene rings is 4. The molecule has 0 aliphatic carbocycles. The lowest BCUT2D eigenvalue weighted by Crippen LogP contribution is -2.43. The van der Waals surface area contributed by atoms with Crippen LogP contribution >= 0.6 is 23.2 Å². The number of carbonyl (C=O) groups is 3. The number of anilines is 2. The molecule has 0 saturated heterocycles. The molecule has 2 N–H and O–H groups in total. The largest absolute Gasteiger partial charge is 0.482 e. The molecule has 0 fully saturated rings. The summed E-state index contributed by atoms with van der Waals surface area (Å²) in [6, 6.07) is 23.3. The topological polar surface area (TPSA) is 100 Å². The zero-order valence-electron chi connectivity index (χ0n) is 29.8. The molecule has 0 unspecified atom stereocenters. The fourth-order valence-electron chi connectivity index (χ4n) is 6.71. The molecule has 2 aliphatic heterocycles. The summed E-state index contributed by atoms with van der Waals surface area (Å²) in [7, 11) is 0. The lowest BCUT2D eigenvalue weighted by Gasteiger charge is -2.31. The Hall–Kier alpha value is -4.57. The maximum Gasteiger partial charge on any atom is 0.265 e. The number of nitrogens with zero attached hydrogens (tertiary/aromatic N) is 2. The van der Waals surface area contributed by atoms with Gasteiger partial charge < -0.3 is 29.9 Å². The predicted octanol–water partition coefficient (Wildman–Crippen LogP) is 8.00. The molecule has 272 valence electrons. The molecule has 2 aliphatic rings. The van der Waals surface area contributed by atoms with Crippen LogP contribution in [0.4, 0.5) is 11.4 Å². The van der Waals surface area contributed by atoms with E-state index in [1.807, 2.05) is 77.7 Å². The van der Waals surface area contributed by atoms with Gasteiger partial charge in [0.2, 0.25) is 5.91 Å². The van der Waals surface area contributed by atoms with Crippen molar-refractivity contribution in [2.45, 2.75) is 40.0 Å². The third-order valence-corrected chi connectivity index (χ3v) is 10.3. The lowest BCUT2D eigenvalue weighted by atomic mass is 9.95. The van der Waals surface area contributed by atoms with Gasteiger partial charge >= 0.3 is 0 Å². The number of carbonyl (C=O) groups excluding carboxylic acids is 3. The molecule has 9 nitrogen and oxygen atoms in total. The van der Waals surface area contributed by atoms with Crippen molar-refractivity contribution in [3.8, 4) is 44.9 Å². The maximum atomic E-state index is 12.9. The van der Waals surface area contributed by atoms with E-state index < -0.39 is 0 Å². The molecule has 0 radical (unpaired) electrons. The molecule has 0 saturated carbocycles. The Morgan fingerprint density at radius 2 is 1.31 bits per heavy atom. The molecule has 4 aromatic rings. The zero-order valence-corrected chi connectivity index (χ0v) is 31.3. The summed E-state index contributed by atoms with van der Waals surface area (Å²) in [5.74, 6) is 1.42. The van der Waals surface area contributed by atoms with Gasteiger partial charge in [-0.1, -0.05) is 98.4 Å². The van der Waals surface area contributed by atoms with E-state index in [-0.39, 0.29) is 30.9 Å². The molecular weight excluding hydrogens is 699 g/mol. The van der Waals surface area contributed by atoms with Crippen molar-refractivity contribution in [3.63, 3.8) is 0 Å². The van der Waals surface area contributed by atoms with Gasteiger partial charge in [0, 0.05) is 61.9 Å². The van der Waals surface area contributed by atoms with Gasteiger partial charge in [0.05, 0.1) is 21.4 Å². The number of fused-ring (bicyclic) bond motifs is 2. The van der Waals surface area contributed by atoms with Crippen molar-refractivity contribution in [1.82, 2.24) is 10.6 Å². The molecule has 4 aromatic carbocycles. The van der Waals surface area contributed by atoms with Crippen molar-refractivity contribution in [2.24, 2.45) is 5.92 Å². The third kappa shape index (κ3) is 8.22. The summed E-state index contributed by atoms with van der Waals surface area (Å²) in [6.45, 7) is 8.61. The van der Waals surface area contributed by atoms with Crippen molar-refractivity contribution in [2.75, 3.05) is 55.7 Å². The Morgan fingerprint density at radius 1 is 0.769 bits per heavy atom. The van der Waals surface area contributed by atoms with Crippen LogP contribution in [0.1, 0.15) is 40.0 Å². The van der Waals surface area contributed by atoms with Crippen LogP contribution in [-0.4, -0.2) is 63.7 Å². The van der Waals surface area contributed by atoms with Gasteiger partial charge in [-0.15, -0.1) is 0 Å². The first-order valence-electron chi connectivity index (χ1n) is 17.8. The molecule has 1 atom stereocenters. The standard InChI is InChI=1S/C41H44Cl2N4O5/c1-4-5-8-26(2)23-47-35-16-14-29(22-37(35)52-25-39(47)50)31-10-7-12-33(41(31)43)32-11-6-9-30(40(32)42)28-13-15-34-36(21-28)51-24-38(49)46(34)20-19-44-17-18-45-27(3)48/h6-7,9-16,21-22,26,44H,4-5,8,17-20,23-25H2,1-3H3,(H,45,48)/t26-/m0/s1. The SMILES string of the molecule is CCCC[C@H](C)CN1C(=O)COc2cc(-c3cccc(-c4cccc(-c5ccc6c(c5)OCC(=O)N6CCNCCNC(C)=O)c4Cl)c3Cl)ccc21. The minimum absolute atomic E-state index is 0.00744. The van der Waals surface area contributed by atoms with Crippen LogP contribution in [-0.2, 0) is 14.4 Å². The summed E-state index contributed by atoms with van der Waals surface area (Å²) >= 11 is 14.3. The van der Waals surface area contributed by atoms with Crippen molar-refractivity contribution >= 4 is 52.3 Å². The van der Waals surface area contributed by atoms with Crippen LogP contribution in [0.3, 0.4) is 0 Å². The Labute approximate surface area is 315 Å². The number of rotatable bonds is 14. The number of nitrogens with one attached hydrogen (secondary N) is 2. The average molecular weight is 744 g/mol. The smallest absolute Gasteiger partial charge is 0.265 e. The predicted molar refractivity (Wildman–Crippen MR) is 209 cm³/mol. The summed E-state index contributed by atoms with van der Waals surface area (Å²) in [5.41, 5.74) is 6.37. The quantitative estimate of drug-likeness (QED) is 0.127. The summed E-state index contributed by atoms with van der Waals surface area (Å²) < 4.78 is 11.8. The van der Waals surface area contributed by atoms with Crippen molar-refractivity contribution < 1.29 is 23.9 Å². The van der Waals surface area contributed by atoms with Gasteiger partial charge in [-0.2, -0.15) is 0 Å². The third-order valence-electron chi connectivity index (χ3n) is 9.45. The zero-order chi connectivity index (χ0) is 36.8. The van der Waals surface area contributed by atoms with Crippen LogP contribution in [0.25, 0.3) is 33.4 Å². The molecule has 2 heterocycles. The summed E-state index contributed by atoms with van der Waals surface area (Å²) in [6.07, 6.45) is 3.34. The van der Waals surface area contributed by atoms with Gasteiger partial charge in [-0.05, 0) is 47.7 Å². The van der Waals surface area contributed by atoms with Crippen molar-refractivity contribution in [3.05, 3.63) is 82.8 Å². The highest BCUT2D eigenvalue weighted by Gasteiger charge is 2.28. The fraction of sp³-hybridized carbons (Fsp3) is 0.341. The Morgan fingerprint density at radius 3 is 1.87 bits per heavy atom. The van der Waals surface area contributed by atoms with Crippen LogP contribution in [0.2, 0.25) is 10.0 Å². The number of hydrogen-bond acceptors (Lipinski definition) is 6. The van der Waals surface area contributed by atoms with Gasteiger partial charge in [0.1, 0.15) is 11.5 Å². The van der Waals surface area contributed by atoms with Crippen LogP contribution in [0.5, 0.6) is 11.5 Å². The first kappa shape index (κ1) is 37.2. The van der Waals surface area contributed by atoms with E-state index in [9.17, 15) is 14.4 Å². The fourth-order valence-corrected chi connectivity index (χ4v) is 7.39. The first-order valence-corrected chi connectivity index (χ1v) is 18.6. The molecular formula is C41H44Cl2N4O5. The van der Waals surface area contributed by atoms with Gasteiger partial charge in [-0.25, -0.2) is 0 Å². The molecule has 0 bridgehead atoms. The van der Waals surface area contributed by atoms with Crippen LogP contribution < -0.4 is 29.9 Å². The molecule has 52 heavy (non-hydrogen) atoms. The molecule has 0 spiro atoms.